The largest absolute Gasteiger partial charge is 0.381 e. The lowest BCUT2D eigenvalue weighted by molar-refractivity contribution is 0.0294. The molecule has 0 aromatic heterocycles. The first-order valence-electron chi connectivity index (χ1n) is 3.98. The third kappa shape index (κ3) is 1.30. The van der Waals surface area contributed by atoms with Gasteiger partial charge in [0, 0.05) is 25.1 Å². The second kappa shape index (κ2) is 2.70. The quantitative estimate of drug-likeness (QED) is 0.506. The van der Waals surface area contributed by atoms with Crippen LogP contribution in [0, 0.1) is 5.92 Å². The summed E-state index contributed by atoms with van der Waals surface area (Å²) in [6.45, 7) is 2.32. The summed E-state index contributed by atoms with van der Waals surface area (Å²) >= 11 is 0. The van der Waals surface area contributed by atoms with E-state index in [1.54, 1.807) is 0 Å². The van der Waals surface area contributed by atoms with Gasteiger partial charge >= 0.3 is 6.03 Å². The SMILES string of the molecule is O=C1NCC2COCCC2N1. The number of hydrogen-bond donors (Lipinski definition) is 2. The Morgan fingerprint density at radius 1 is 1.55 bits per heavy atom. The lowest BCUT2D eigenvalue weighted by Gasteiger charge is -2.35. The summed E-state index contributed by atoms with van der Waals surface area (Å²) < 4.78 is 5.28. The zero-order chi connectivity index (χ0) is 7.68. The number of amides is 2. The zero-order valence-corrected chi connectivity index (χ0v) is 6.30. The van der Waals surface area contributed by atoms with E-state index in [9.17, 15) is 4.79 Å². The highest BCUT2D eigenvalue weighted by Crippen LogP contribution is 2.15. The van der Waals surface area contributed by atoms with Crippen LogP contribution in [0.1, 0.15) is 6.42 Å². The maximum absolute atomic E-state index is 10.9. The minimum atomic E-state index is -0.0341. The Kier molecular flexibility index (Phi) is 1.69. The van der Waals surface area contributed by atoms with Crippen molar-refractivity contribution < 1.29 is 9.53 Å². The van der Waals surface area contributed by atoms with Crippen LogP contribution in [-0.4, -0.2) is 31.8 Å². The first kappa shape index (κ1) is 6.91. The number of carbonyl (C=O) groups is 1. The highest BCUT2D eigenvalue weighted by Gasteiger charge is 2.30. The van der Waals surface area contributed by atoms with E-state index in [1.807, 2.05) is 0 Å². The van der Waals surface area contributed by atoms with Crippen LogP contribution in [0.25, 0.3) is 0 Å². The van der Waals surface area contributed by atoms with Gasteiger partial charge in [0.1, 0.15) is 0 Å². The van der Waals surface area contributed by atoms with Gasteiger partial charge in [0.25, 0.3) is 0 Å². The predicted molar refractivity (Wildman–Crippen MR) is 39.2 cm³/mol. The highest BCUT2D eigenvalue weighted by molar-refractivity contribution is 5.75. The molecule has 2 aliphatic rings. The van der Waals surface area contributed by atoms with Gasteiger partial charge in [-0.1, -0.05) is 0 Å². The highest BCUT2D eigenvalue weighted by atomic mass is 16.5. The molecule has 2 N–H and O–H groups in total. The molecular formula is C7H12N2O2. The molecule has 0 aliphatic carbocycles. The van der Waals surface area contributed by atoms with Crippen LogP contribution >= 0.6 is 0 Å². The van der Waals surface area contributed by atoms with Crippen molar-refractivity contribution in [1.82, 2.24) is 10.6 Å². The minimum Gasteiger partial charge on any atom is -0.381 e. The molecule has 2 aliphatic heterocycles. The van der Waals surface area contributed by atoms with Crippen LogP contribution in [0.2, 0.25) is 0 Å². The van der Waals surface area contributed by atoms with Crippen LogP contribution in [0.5, 0.6) is 0 Å². The topological polar surface area (TPSA) is 50.4 Å². The number of rotatable bonds is 0. The van der Waals surface area contributed by atoms with Crippen molar-refractivity contribution >= 4 is 6.03 Å². The normalized spacial score (nSPS) is 36.9. The molecule has 2 saturated heterocycles. The van der Waals surface area contributed by atoms with E-state index in [0.717, 1.165) is 26.2 Å². The maximum Gasteiger partial charge on any atom is 0.315 e. The molecule has 0 spiro atoms. The van der Waals surface area contributed by atoms with Gasteiger partial charge < -0.3 is 15.4 Å². The maximum atomic E-state index is 10.9. The van der Waals surface area contributed by atoms with Gasteiger partial charge in [-0.05, 0) is 6.42 Å². The Labute approximate surface area is 65.3 Å². The first-order chi connectivity index (χ1) is 5.36. The Hall–Kier alpha value is -0.770. The Morgan fingerprint density at radius 3 is 3.36 bits per heavy atom. The molecular weight excluding hydrogens is 144 g/mol. The Morgan fingerprint density at radius 2 is 2.45 bits per heavy atom. The molecule has 62 valence electrons. The molecule has 4 nitrogen and oxygen atoms in total. The van der Waals surface area contributed by atoms with Gasteiger partial charge in [-0.25, -0.2) is 4.79 Å². The summed E-state index contributed by atoms with van der Waals surface area (Å²) in [6.07, 6.45) is 0.956. The molecule has 2 fully saturated rings. The van der Waals surface area contributed by atoms with Gasteiger partial charge in [-0.15, -0.1) is 0 Å². The lowest BCUT2D eigenvalue weighted by atomic mass is 9.94. The number of carbonyl (C=O) groups excluding carboxylic acids is 1. The van der Waals surface area contributed by atoms with Gasteiger partial charge in [0.15, 0.2) is 0 Å². The number of urea groups is 1. The van der Waals surface area contributed by atoms with Crippen LogP contribution in [0.4, 0.5) is 4.79 Å². The third-order valence-electron chi connectivity index (χ3n) is 2.32. The fourth-order valence-corrected chi connectivity index (χ4v) is 1.63. The van der Waals surface area contributed by atoms with Gasteiger partial charge in [0.05, 0.1) is 6.61 Å². The van der Waals surface area contributed by atoms with Crippen LogP contribution in [-0.2, 0) is 4.74 Å². The molecule has 4 heteroatoms. The fraction of sp³-hybridized carbons (Fsp3) is 0.857. The molecule has 0 saturated carbocycles. The molecule has 2 atom stereocenters. The molecule has 11 heavy (non-hydrogen) atoms. The van der Waals surface area contributed by atoms with E-state index in [0.29, 0.717) is 12.0 Å². The van der Waals surface area contributed by atoms with Crippen LogP contribution in [0.15, 0.2) is 0 Å². The number of hydrogen-bond acceptors (Lipinski definition) is 2. The van der Waals surface area contributed by atoms with Crippen molar-refractivity contribution in [3.8, 4) is 0 Å². The van der Waals surface area contributed by atoms with E-state index in [1.165, 1.54) is 0 Å². The molecule has 2 unspecified atom stereocenters. The van der Waals surface area contributed by atoms with Crippen molar-refractivity contribution in [2.45, 2.75) is 12.5 Å². The summed E-state index contributed by atoms with van der Waals surface area (Å²) in [5.41, 5.74) is 0. The predicted octanol–water partition coefficient (Wildman–Crippen LogP) is -0.296. The Balaban J connectivity index is 1.98. The Bertz CT molecular complexity index is 172. The molecule has 0 radical (unpaired) electrons. The second-order valence-electron chi connectivity index (χ2n) is 3.08. The minimum absolute atomic E-state index is 0.0341. The van der Waals surface area contributed by atoms with E-state index in [2.05, 4.69) is 10.6 Å². The van der Waals surface area contributed by atoms with Gasteiger partial charge in [-0.3, -0.25) is 0 Å². The third-order valence-corrected chi connectivity index (χ3v) is 2.32. The molecule has 2 heterocycles. The monoisotopic (exact) mass is 156 g/mol. The van der Waals surface area contributed by atoms with Crippen molar-refractivity contribution in [3.63, 3.8) is 0 Å². The van der Waals surface area contributed by atoms with Crippen LogP contribution < -0.4 is 10.6 Å². The smallest absolute Gasteiger partial charge is 0.315 e. The molecule has 2 rings (SSSR count). The molecule has 0 aromatic carbocycles. The summed E-state index contributed by atoms with van der Waals surface area (Å²) in [4.78, 5) is 10.9. The van der Waals surface area contributed by atoms with Crippen LogP contribution in [0.3, 0.4) is 0 Å². The van der Waals surface area contributed by atoms with E-state index < -0.39 is 0 Å². The first-order valence-corrected chi connectivity index (χ1v) is 3.98. The lowest BCUT2D eigenvalue weighted by Crippen LogP contribution is -2.57. The molecule has 0 bridgehead atoms. The molecule has 0 aromatic rings. The van der Waals surface area contributed by atoms with Gasteiger partial charge in [-0.2, -0.15) is 0 Å². The number of fused-ring (bicyclic) bond motifs is 1. The summed E-state index contributed by atoms with van der Waals surface area (Å²) in [6, 6.07) is 0.311. The summed E-state index contributed by atoms with van der Waals surface area (Å²) in [5, 5.41) is 5.64. The summed E-state index contributed by atoms with van der Waals surface area (Å²) in [7, 11) is 0. The second-order valence-corrected chi connectivity index (χ2v) is 3.08. The van der Waals surface area contributed by atoms with Crippen molar-refractivity contribution in [3.05, 3.63) is 0 Å². The summed E-state index contributed by atoms with van der Waals surface area (Å²) in [5.74, 6) is 0.474. The van der Waals surface area contributed by atoms with Crippen molar-refractivity contribution in [2.24, 2.45) is 5.92 Å². The average Bonchev–Trinajstić information content (AvgIpc) is 2.04. The van der Waals surface area contributed by atoms with E-state index >= 15 is 0 Å². The van der Waals surface area contributed by atoms with Crippen molar-refractivity contribution in [1.29, 1.82) is 0 Å². The van der Waals surface area contributed by atoms with Gasteiger partial charge in [0.2, 0.25) is 0 Å². The fourth-order valence-electron chi connectivity index (χ4n) is 1.63. The molecule has 2 amide bonds. The van der Waals surface area contributed by atoms with Crippen molar-refractivity contribution in [2.75, 3.05) is 19.8 Å². The number of ether oxygens (including phenoxy) is 1. The standard InChI is InChI=1S/C7H12N2O2/c10-7-8-3-5-4-11-2-1-6(5)9-7/h5-6H,1-4H2,(H2,8,9,10). The van der Waals surface area contributed by atoms with E-state index in [-0.39, 0.29) is 6.03 Å². The number of nitrogens with one attached hydrogen (secondary N) is 2. The van der Waals surface area contributed by atoms with E-state index in [4.69, 9.17) is 4.74 Å². The average molecular weight is 156 g/mol. The zero-order valence-electron chi connectivity index (χ0n) is 6.30.